The topological polar surface area (TPSA) is 79.3 Å². The van der Waals surface area contributed by atoms with Gasteiger partial charge in [0.25, 0.3) is 5.91 Å². The second-order valence-corrected chi connectivity index (χ2v) is 9.22. The van der Waals surface area contributed by atoms with Gasteiger partial charge in [0, 0.05) is 29.0 Å². The molecule has 1 aromatic heterocycles. The van der Waals surface area contributed by atoms with E-state index in [1.807, 2.05) is 60.7 Å². The fraction of sp³-hybridized carbons (Fsp3) is 0.233. The SMILES string of the molecule is O=C(O)CCCCc1cc2cc(C(=O)NC3Cc4ccccc4C3)ccc2nc1-c1ccccc1. The number of pyridine rings is 1. The van der Waals surface area contributed by atoms with Gasteiger partial charge in [-0.05, 0) is 73.1 Å². The Hall–Kier alpha value is -3.99. The van der Waals surface area contributed by atoms with E-state index in [0.717, 1.165) is 53.4 Å². The Labute approximate surface area is 204 Å². The Morgan fingerprint density at radius 1 is 0.886 bits per heavy atom. The van der Waals surface area contributed by atoms with E-state index in [1.165, 1.54) is 11.1 Å². The molecule has 0 unspecified atom stereocenters. The molecule has 0 radical (unpaired) electrons. The molecule has 1 aliphatic carbocycles. The molecule has 4 aromatic rings. The van der Waals surface area contributed by atoms with Gasteiger partial charge in [-0.25, -0.2) is 4.98 Å². The number of amides is 1. The molecule has 176 valence electrons. The highest BCUT2D eigenvalue weighted by Gasteiger charge is 2.23. The van der Waals surface area contributed by atoms with Gasteiger partial charge in [0.1, 0.15) is 0 Å². The molecule has 5 heteroatoms. The van der Waals surface area contributed by atoms with Crippen LogP contribution in [0.2, 0.25) is 0 Å². The van der Waals surface area contributed by atoms with Gasteiger partial charge in [0.2, 0.25) is 0 Å². The number of carboxylic acid groups (broad SMARTS) is 1. The molecule has 35 heavy (non-hydrogen) atoms. The molecule has 1 amide bonds. The molecule has 2 N–H and O–H groups in total. The van der Waals surface area contributed by atoms with E-state index in [0.29, 0.717) is 12.0 Å². The summed E-state index contributed by atoms with van der Waals surface area (Å²) < 4.78 is 0. The lowest BCUT2D eigenvalue weighted by molar-refractivity contribution is -0.137. The molecule has 5 nitrogen and oxygen atoms in total. The Morgan fingerprint density at radius 3 is 2.31 bits per heavy atom. The Bertz CT molecular complexity index is 1360. The number of carbonyl (C=O) groups excluding carboxylic acids is 1. The fourth-order valence-electron chi connectivity index (χ4n) is 4.92. The van der Waals surface area contributed by atoms with Crippen LogP contribution < -0.4 is 5.32 Å². The summed E-state index contributed by atoms with van der Waals surface area (Å²) in [5.41, 5.74) is 7.09. The number of nitrogens with one attached hydrogen (secondary N) is 1. The van der Waals surface area contributed by atoms with Crippen molar-refractivity contribution < 1.29 is 14.7 Å². The zero-order valence-corrected chi connectivity index (χ0v) is 19.5. The van der Waals surface area contributed by atoms with Crippen LogP contribution in [0, 0.1) is 0 Å². The minimum absolute atomic E-state index is 0.0696. The molecule has 5 rings (SSSR count). The zero-order chi connectivity index (χ0) is 24.2. The third-order valence-electron chi connectivity index (χ3n) is 6.68. The van der Waals surface area contributed by atoms with E-state index in [1.54, 1.807) is 0 Å². The van der Waals surface area contributed by atoms with Crippen molar-refractivity contribution in [1.82, 2.24) is 10.3 Å². The number of fused-ring (bicyclic) bond motifs is 2. The quantitative estimate of drug-likeness (QED) is 0.333. The second kappa shape index (κ2) is 10.1. The van der Waals surface area contributed by atoms with Crippen molar-refractivity contribution >= 4 is 22.8 Å². The average Bonchev–Trinajstić information content (AvgIpc) is 3.28. The Balaban J connectivity index is 1.39. The summed E-state index contributed by atoms with van der Waals surface area (Å²) in [5.74, 6) is -0.842. The van der Waals surface area contributed by atoms with Crippen molar-refractivity contribution in [2.45, 2.75) is 44.6 Å². The highest BCUT2D eigenvalue weighted by molar-refractivity contribution is 5.98. The summed E-state index contributed by atoms with van der Waals surface area (Å²) in [7, 11) is 0. The van der Waals surface area contributed by atoms with Gasteiger partial charge in [-0.1, -0.05) is 54.6 Å². The predicted octanol–water partition coefficient (Wildman–Crippen LogP) is 5.60. The first-order chi connectivity index (χ1) is 17.1. The number of rotatable bonds is 8. The van der Waals surface area contributed by atoms with Gasteiger partial charge in [-0.15, -0.1) is 0 Å². The lowest BCUT2D eigenvalue weighted by Crippen LogP contribution is -2.35. The molecule has 0 atom stereocenters. The normalized spacial score (nSPS) is 13.0. The summed E-state index contributed by atoms with van der Waals surface area (Å²) in [6.07, 6.45) is 4.00. The molecular weight excluding hydrogens is 436 g/mol. The monoisotopic (exact) mass is 464 g/mol. The number of carboxylic acids is 1. The molecule has 1 heterocycles. The fourth-order valence-corrected chi connectivity index (χ4v) is 4.92. The number of unbranched alkanes of at least 4 members (excludes halogenated alkanes) is 1. The molecule has 0 bridgehead atoms. The van der Waals surface area contributed by atoms with Gasteiger partial charge >= 0.3 is 5.97 Å². The summed E-state index contributed by atoms with van der Waals surface area (Å²) in [6, 6.07) is 26.3. The molecule has 0 saturated heterocycles. The second-order valence-electron chi connectivity index (χ2n) is 9.22. The maximum absolute atomic E-state index is 13.1. The maximum Gasteiger partial charge on any atom is 0.303 e. The Kier molecular flexibility index (Phi) is 6.57. The molecule has 0 aliphatic heterocycles. The smallest absolute Gasteiger partial charge is 0.303 e. The van der Waals surface area contributed by atoms with Gasteiger partial charge < -0.3 is 10.4 Å². The van der Waals surface area contributed by atoms with E-state index < -0.39 is 5.97 Å². The average molecular weight is 465 g/mol. The van der Waals surface area contributed by atoms with Crippen LogP contribution >= 0.6 is 0 Å². The summed E-state index contributed by atoms with van der Waals surface area (Å²) in [4.78, 5) is 28.9. The minimum Gasteiger partial charge on any atom is -0.481 e. The predicted molar refractivity (Wildman–Crippen MR) is 137 cm³/mol. The van der Waals surface area contributed by atoms with Gasteiger partial charge in [0.15, 0.2) is 0 Å². The van der Waals surface area contributed by atoms with Crippen LogP contribution in [0.1, 0.15) is 46.3 Å². The van der Waals surface area contributed by atoms with Gasteiger partial charge in [-0.2, -0.15) is 0 Å². The van der Waals surface area contributed by atoms with Gasteiger partial charge in [-0.3, -0.25) is 9.59 Å². The third kappa shape index (κ3) is 5.24. The van der Waals surface area contributed by atoms with Crippen LogP contribution in [0.3, 0.4) is 0 Å². The standard InChI is InChI=1S/C30H28N2O3/c33-28(34)13-7-6-12-23-16-25-17-24(14-15-27(25)32-29(23)20-8-2-1-3-9-20)30(35)31-26-18-21-10-4-5-11-22(21)19-26/h1-5,8-11,14-17,26H,6-7,12-13,18-19H2,(H,31,35)(H,33,34). The number of aromatic nitrogens is 1. The first kappa shape index (κ1) is 22.8. The van der Waals surface area contributed by atoms with Crippen molar-refractivity contribution in [2.24, 2.45) is 0 Å². The van der Waals surface area contributed by atoms with E-state index in [2.05, 4.69) is 23.5 Å². The first-order valence-corrected chi connectivity index (χ1v) is 12.2. The van der Waals surface area contributed by atoms with Crippen LogP contribution in [0.25, 0.3) is 22.2 Å². The zero-order valence-electron chi connectivity index (χ0n) is 19.5. The van der Waals surface area contributed by atoms with E-state index in [4.69, 9.17) is 10.1 Å². The molecule has 0 fully saturated rings. The summed E-state index contributed by atoms with van der Waals surface area (Å²) >= 11 is 0. The number of hydrogen-bond acceptors (Lipinski definition) is 3. The first-order valence-electron chi connectivity index (χ1n) is 12.2. The van der Waals surface area contributed by atoms with Crippen molar-refractivity contribution in [3.63, 3.8) is 0 Å². The lowest BCUT2D eigenvalue weighted by atomic mass is 9.98. The number of aliphatic carboxylic acids is 1. The van der Waals surface area contributed by atoms with Crippen molar-refractivity contribution in [3.8, 4) is 11.3 Å². The maximum atomic E-state index is 13.1. The van der Waals surface area contributed by atoms with E-state index >= 15 is 0 Å². The Morgan fingerprint density at radius 2 is 1.60 bits per heavy atom. The van der Waals surface area contributed by atoms with E-state index in [9.17, 15) is 9.59 Å². The molecule has 0 saturated carbocycles. The van der Waals surface area contributed by atoms with Gasteiger partial charge in [0.05, 0.1) is 11.2 Å². The number of carbonyl (C=O) groups is 2. The minimum atomic E-state index is -0.772. The number of nitrogens with zero attached hydrogens (tertiary/aromatic N) is 1. The molecule has 1 aliphatic rings. The van der Waals surface area contributed by atoms with Crippen LogP contribution in [-0.4, -0.2) is 28.0 Å². The van der Waals surface area contributed by atoms with Crippen LogP contribution in [0.15, 0.2) is 78.9 Å². The highest BCUT2D eigenvalue weighted by atomic mass is 16.4. The van der Waals surface area contributed by atoms with E-state index in [-0.39, 0.29) is 18.4 Å². The van der Waals surface area contributed by atoms with Crippen molar-refractivity contribution in [2.75, 3.05) is 0 Å². The summed E-state index contributed by atoms with van der Waals surface area (Å²) in [5, 5.41) is 13.1. The molecule has 3 aromatic carbocycles. The van der Waals surface area contributed by atoms with Crippen LogP contribution in [-0.2, 0) is 24.1 Å². The number of hydrogen-bond donors (Lipinski definition) is 2. The largest absolute Gasteiger partial charge is 0.481 e. The molecule has 0 spiro atoms. The highest BCUT2D eigenvalue weighted by Crippen LogP contribution is 2.28. The van der Waals surface area contributed by atoms with Crippen LogP contribution in [0.4, 0.5) is 0 Å². The van der Waals surface area contributed by atoms with Crippen LogP contribution in [0.5, 0.6) is 0 Å². The lowest BCUT2D eigenvalue weighted by Gasteiger charge is -2.14. The number of benzene rings is 3. The summed E-state index contributed by atoms with van der Waals surface area (Å²) in [6.45, 7) is 0. The molecular formula is C30H28N2O3. The number of aryl methyl sites for hydroxylation is 1. The van der Waals surface area contributed by atoms with Crippen molar-refractivity contribution in [3.05, 3.63) is 101 Å². The third-order valence-corrected chi connectivity index (χ3v) is 6.68. The van der Waals surface area contributed by atoms with Crippen molar-refractivity contribution in [1.29, 1.82) is 0 Å².